The summed E-state index contributed by atoms with van der Waals surface area (Å²) >= 11 is 0. The molecule has 0 saturated carbocycles. The fourth-order valence-corrected chi connectivity index (χ4v) is 3.35. The summed E-state index contributed by atoms with van der Waals surface area (Å²) in [5.74, 6) is -4.06. The SMILES string of the molecule is CN(CC(c1ccc(OC(=O)c2cccc(F)c2F)cc1)c1nccn1C(=O)O)C(=O)OC(C)(C)C. The molecule has 1 unspecified atom stereocenters. The van der Waals surface area contributed by atoms with Gasteiger partial charge in [-0.2, -0.15) is 0 Å². The zero-order chi connectivity index (χ0) is 26.6. The zero-order valence-electron chi connectivity index (χ0n) is 20.1. The van der Waals surface area contributed by atoms with Crippen LogP contribution in [0.3, 0.4) is 0 Å². The van der Waals surface area contributed by atoms with Crippen molar-refractivity contribution in [3.8, 4) is 5.75 Å². The topological polar surface area (TPSA) is 111 Å². The highest BCUT2D eigenvalue weighted by Crippen LogP contribution is 2.27. The third-order valence-electron chi connectivity index (χ3n) is 5.01. The second-order valence-electron chi connectivity index (χ2n) is 8.91. The lowest BCUT2D eigenvalue weighted by atomic mass is 9.97. The number of esters is 1. The molecule has 0 bridgehead atoms. The second kappa shape index (κ2) is 10.5. The highest BCUT2D eigenvalue weighted by Gasteiger charge is 2.28. The highest BCUT2D eigenvalue weighted by atomic mass is 19.2. The predicted molar refractivity (Wildman–Crippen MR) is 124 cm³/mol. The molecule has 1 aromatic heterocycles. The molecular weight excluding hydrogens is 476 g/mol. The summed E-state index contributed by atoms with van der Waals surface area (Å²) in [4.78, 5) is 42.0. The van der Waals surface area contributed by atoms with Gasteiger partial charge in [0.2, 0.25) is 0 Å². The van der Waals surface area contributed by atoms with Crippen molar-refractivity contribution < 1.29 is 37.7 Å². The van der Waals surface area contributed by atoms with Gasteiger partial charge in [-0.25, -0.2) is 32.7 Å². The molecule has 3 aromatic rings. The Morgan fingerprint density at radius 2 is 1.78 bits per heavy atom. The van der Waals surface area contributed by atoms with Crippen molar-refractivity contribution >= 4 is 18.2 Å². The average Bonchev–Trinajstić information content (AvgIpc) is 3.28. The van der Waals surface area contributed by atoms with Crippen LogP contribution in [-0.4, -0.2) is 56.9 Å². The van der Waals surface area contributed by atoms with E-state index >= 15 is 0 Å². The van der Waals surface area contributed by atoms with Crippen LogP contribution in [-0.2, 0) is 4.74 Å². The first-order valence-electron chi connectivity index (χ1n) is 10.8. The maximum atomic E-state index is 13.9. The number of benzene rings is 2. The van der Waals surface area contributed by atoms with E-state index in [1.807, 2.05) is 0 Å². The van der Waals surface area contributed by atoms with Gasteiger partial charge in [0.05, 0.1) is 11.5 Å². The Labute approximate surface area is 205 Å². The van der Waals surface area contributed by atoms with Gasteiger partial charge < -0.3 is 19.5 Å². The van der Waals surface area contributed by atoms with E-state index in [9.17, 15) is 28.3 Å². The lowest BCUT2D eigenvalue weighted by molar-refractivity contribution is 0.0292. The molecule has 0 radical (unpaired) electrons. The van der Waals surface area contributed by atoms with Crippen molar-refractivity contribution in [2.75, 3.05) is 13.6 Å². The molecule has 36 heavy (non-hydrogen) atoms. The van der Waals surface area contributed by atoms with Crippen molar-refractivity contribution in [3.05, 3.63) is 83.4 Å². The summed E-state index contributed by atoms with van der Waals surface area (Å²) in [6, 6.07) is 9.12. The van der Waals surface area contributed by atoms with E-state index in [-0.39, 0.29) is 18.1 Å². The van der Waals surface area contributed by atoms with E-state index in [0.29, 0.717) is 5.56 Å². The van der Waals surface area contributed by atoms with Crippen LogP contribution in [0.4, 0.5) is 18.4 Å². The van der Waals surface area contributed by atoms with Gasteiger partial charge in [-0.3, -0.25) is 0 Å². The Bertz CT molecular complexity index is 1270. The number of halogens is 2. The lowest BCUT2D eigenvalue weighted by Crippen LogP contribution is -2.37. The molecule has 9 nitrogen and oxygen atoms in total. The molecule has 1 N–H and O–H groups in total. The van der Waals surface area contributed by atoms with Crippen LogP contribution < -0.4 is 4.74 Å². The number of amides is 1. The number of hydrogen-bond donors (Lipinski definition) is 1. The normalized spacial score (nSPS) is 12.1. The predicted octanol–water partition coefficient (Wildman–Crippen LogP) is 4.91. The molecule has 190 valence electrons. The van der Waals surface area contributed by atoms with Crippen molar-refractivity contribution in [3.63, 3.8) is 0 Å². The Morgan fingerprint density at radius 1 is 1.11 bits per heavy atom. The maximum Gasteiger partial charge on any atom is 0.417 e. The highest BCUT2D eigenvalue weighted by molar-refractivity contribution is 5.91. The third kappa shape index (κ3) is 6.23. The van der Waals surface area contributed by atoms with Crippen molar-refractivity contribution in [2.24, 2.45) is 0 Å². The van der Waals surface area contributed by atoms with Gasteiger partial charge in [0.15, 0.2) is 11.6 Å². The van der Waals surface area contributed by atoms with E-state index < -0.39 is 46.9 Å². The van der Waals surface area contributed by atoms with Crippen LogP contribution in [0.15, 0.2) is 54.9 Å². The van der Waals surface area contributed by atoms with Crippen molar-refractivity contribution in [1.29, 1.82) is 0 Å². The number of carbonyl (C=O) groups excluding carboxylic acids is 2. The number of nitrogens with zero attached hydrogens (tertiary/aromatic N) is 3. The summed E-state index contributed by atoms with van der Waals surface area (Å²) in [7, 11) is 1.51. The first kappa shape index (κ1) is 26.3. The van der Waals surface area contributed by atoms with Gasteiger partial charge in [0, 0.05) is 26.0 Å². The van der Waals surface area contributed by atoms with Crippen LogP contribution in [0.25, 0.3) is 0 Å². The molecule has 2 aromatic carbocycles. The summed E-state index contributed by atoms with van der Waals surface area (Å²) in [5, 5.41) is 9.54. The fraction of sp³-hybridized carbons (Fsp3) is 0.280. The van der Waals surface area contributed by atoms with Crippen molar-refractivity contribution in [1.82, 2.24) is 14.5 Å². The molecule has 0 aliphatic heterocycles. The first-order chi connectivity index (χ1) is 16.9. The van der Waals surface area contributed by atoms with Gasteiger partial charge in [-0.1, -0.05) is 18.2 Å². The Balaban J connectivity index is 1.87. The summed E-state index contributed by atoms with van der Waals surface area (Å²) in [5.41, 5.74) is -0.734. The summed E-state index contributed by atoms with van der Waals surface area (Å²) in [6.07, 6.45) is 0.744. The molecular formula is C25H25F2N3O6. The largest absolute Gasteiger partial charge is 0.464 e. The molecule has 0 aliphatic carbocycles. The fourth-order valence-electron chi connectivity index (χ4n) is 3.35. The maximum absolute atomic E-state index is 13.9. The Kier molecular flexibility index (Phi) is 7.71. The first-order valence-corrected chi connectivity index (χ1v) is 10.8. The van der Waals surface area contributed by atoms with E-state index in [4.69, 9.17) is 9.47 Å². The average molecular weight is 501 g/mol. The van der Waals surface area contributed by atoms with Crippen molar-refractivity contribution in [2.45, 2.75) is 32.3 Å². The molecule has 0 spiro atoms. The van der Waals surface area contributed by atoms with Gasteiger partial charge >= 0.3 is 18.2 Å². The van der Waals surface area contributed by atoms with E-state index in [1.54, 1.807) is 32.9 Å². The number of ether oxygens (including phenoxy) is 2. The standard InChI is InChI=1S/C25H25F2N3O6/c1-25(2,3)36-24(34)29(4)14-18(21-28-12-13-30(21)23(32)33)15-8-10-16(11-9-15)35-22(31)17-6-5-7-19(26)20(17)27/h5-13,18H,14H2,1-4H3,(H,32,33). The molecule has 0 aliphatic rings. The van der Waals surface area contributed by atoms with Gasteiger partial charge in [-0.05, 0) is 50.6 Å². The summed E-state index contributed by atoms with van der Waals surface area (Å²) in [6.45, 7) is 5.20. The van der Waals surface area contributed by atoms with Crippen LogP contribution in [0.5, 0.6) is 5.75 Å². The zero-order valence-corrected chi connectivity index (χ0v) is 20.1. The number of carbonyl (C=O) groups is 3. The monoisotopic (exact) mass is 501 g/mol. The number of imidazole rings is 1. The molecule has 1 heterocycles. The minimum absolute atomic E-state index is 0.0207. The number of carboxylic acid groups (broad SMARTS) is 1. The van der Waals surface area contributed by atoms with Gasteiger partial charge in [0.25, 0.3) is 0 Å². The molecule has 0 saturated heterocycles. The van der Waals surface area contributed by atoms with E-state index in [2.05, 4.69) is 4.98 Å². The Morgan fingerprint density at radius 3 is 2.39 bits per heavy atom. The van der Waals surface area contributed by atoms with Crippen LogP contribution in [0.1, 0.15) is 48.4 Å². The molecule has 3 rings (SSSR count). The summed E-state index contributed by atoms with van der Waals surface area (Å²) < 4.78 is 38.8. The molecule has 11 heteroatoms. The van der Waals surface area contributed by atoms with Gasteiger partial charge in [0.1, 0.15) is 17.2 Å². The quantitative estimate of drug-likeness (QED) is 0.378. The molecule has 1 atom stereocenters. The Hall–Kier alpha value is -4.28. The van der Waals surface area contributed by atoms with E-state index in [1.165, 1.54) is 42.5 Å². The van der Waals surface area contributed by atoms with E-state index in [0.717, 1.165) is 16.7 Å². The number of likely N-dealkylation sites (N-methyl/N-ethyl adjacent to an activating group) is 1. The number of aromatic nitrogens is 2. The van der Waals surface area contributed by atoms with Crippen LogP contribution in [0.2, 0.25) is 0 Å². The smallest absolute Gasteiger partial charge is 0.417 e. The minimum atomic E-state index is -1.31. The minimum Gasteiger partial charge on any atom is -0.464 e. The number of rotatable bonds is 6. The second-order valence-corrected chi connectivity index (χ2v) is 8.91. The molecule has 1 amide bonds. The number of hydrogen-bond acceptors (Lipinski definition) is 6. The third-order valence-corrected chi connectivity index (χ3v) is 5.01. The van der Waals surface area contributed by atoms with Crippen LogP contribution >= 0.6 is 0 Å². The van der Waals surface area contributed by atoms with Crippen LogP contribution in [0, 0.1) is 11.6 Å². The van der Waals surface area contributed by atoms with Gasteiger partial charge in [-0.15, -0.1) is 0 Å². The lowest BCUT2D eigenvalue weighted by Gasteiger charge is -2.27. The molecule has 0 fully saturated rings.